The van der Waals surface area contributed by atoms with Crippen molar-refractivity contribution in [1.29, 1.82) is 0 Å². The van der Waals surface area contributed by atoms with E-state index in [2.05, 4.69) is 10.2 Å². The van der Waals surface area contributed by atoms with Crippen molar-refractivity contribution in [1.82, 2.24) is 4.90 Å². The van der Waals surface area contributed by atoms with Crippen LogP contribution in [0.4, 0.5) is 15.8 Å². The molecule has 102 valence electrons. The Balaban J connectivity index is 1.74. The molecule has 1 aromatic carbocycles. The molecule has 0 aliphatic carbocycles. The van der Waals surface area contributed by atoms with Crippen molar-refractivity contribution in [3.63, 3.8) is 0 Å². The summed E-state index contributed by atoms with van der Waals surface area (Å²) in [6.07, 6.45) is 2.15. The van der Waals surface area contributed by atoms with Crippen molar-refractivity contribution in [3.8, 4) is 0 Å². The molecule has 3 unspecified atom stereocenters. The summed E-state index contributed by atoms with van der Waals surface area (Å²) in [6.45, 7) is 3.25. The molecular weight excluding hydrogens is 249 g/mol. The molecule has 2 bridgehead atoms. The van der Waals surface area contributed by atoms with Gasteiger partial charge in [-0.3, -0.25) is 10.1 Å². The second kappa shape index (κ2) is 4.77. The number of non-ortho nitro benzene ring substituents is 1. The van der Waals surface area contributed by atoms with Crippen LogP contribution in [-0.4, -0.2) is 35.5 Å². The number of piperidine rings is 1. The monoisotopic (exact) mass is 265 g/mol. The van der Waals surface area contributed by atoms with E-state index in [1.165, 1.54) is 12.1 Å². The largest absolute Gasteiger partial charge is 0.380 e. The van der Waals surface area contributed by atoms with Crippen molar-refractivity contribution in [2.45, 2.75) is 18.9 Å². The molecule has 0 radical (unpaired) electrons. The summed E-state index contributed by atoms with van der Waals surface area (Å²) in [5, 5.41) is 13.8. The lowest BCUT2D eigenvalue weighted by molar-refractivity contribution is -0.385. The summed E-state index contributed by atoms with van der Waals surface area (Å²) >= 11 is 0. The molecule has 2 heterocycles. The molecule has 19 heavy (non-hydrogen) atoms. The summed E-state index contributed by atoms with van der Waals surface area (Å²) in [7, 11) is 0. The fourth-order valence-electron chi connectivity index (χ4n) is 3.08. The average Bonchev–Trinajstić information content (AvgIpc) is 2.77. The molecule has 3 rings (SSSR count). The molecule has 0 amide bonds. The standard InChI is InChI=1S/C13H16FN3O2/c14-11-7-10(17(18)19)1-2-13(11)15-12-4-6-16-5-3-9(12)8-16/h1-2,7,9,12,15H,3-6,8H2. The van der Waals surface area contributed by atoms with Gasteiger partial charge in [-0.15, -0.1) is 0 Å². The maximum atomic E-state index is 13.8. The Labute approximate surface area is 110 Å². The number of hydrogen-bond acceptors (Lipinski definition) is 4. The number of anilines is 1. The fraction of sp³-hybridized carbons (Fsp3) is 0.538. The molecule has 6 heteroatoms. The van der Waals surface area contributed by atoms with Crippen LogP contribution < -0.4 is 5.32 Å². The van der Waals surface area contributed by atoms with E-state index in [9.17, 15) is 14.5 Å². The van der Waals surface area contributed by atoms with Gasteiger partial charge in [-0.05, 0) is 31.4 Å². The van der Waals surface area contributed by atoms with Gasteiger partial charge in [0.2, 0.25) is 0 Å². The van der Waals surface area contributed by atoms with Crippen molar-refractivity contribution in [2.75, 3.05) is 25.0 Å². The third-order valence-electron chi connectivity index (χ3n) is 4.14. The predicted molar refractivity (Wildman–Crippen MR) is 69.6 cm³/mol. The van der Waals surface area contributed by atoms with Crippen LogP contribution in [0.15, 0.2) is 18.2 Å². The Hall–Kier alpha value is -1.69. The molecule has 2 aliphatic heterocycles. The first-order valence-electron chi connectivity index (χ1n) is 6.56. The first kappa shape index (κ1) is 12.3. The normalized spacial score (nSPS) is 29.2. The Bertz CT molecular complexity index is 509. The number of hydrogen-bond donors (Lipinski definition) is 1. The minimum absolute atomic E-state index is 0.210. The van der Waals surface area contributed by atoms with Crippen LogP contribution in [-0.2, 0) is 0 Å². The molecule has 0 saturated carbocycles. The molecule has 0 aromatic heterocycles. The summed E-state index contributed by atoms with van der Waals surface area (Å²) in [6, 6.07) is 4.06. The van der Waals surface area contributed by atoms with Crippen LogP contribution in [0.25, 0.3) is 0 Å². The van der Waals surface area contributed by atoms with Gasteiger partial charge in [0.05, 0.1) is 16.7 Å². The van der Waals surface area contributed by atoms with E-state index in [4.69, 9.17) is 0 Å². The molecule has 1 N–H and O–H groups in total. The number of halogens is 1. The van der Waals surface area contributed by atoms with E-state index in [-0.39, 0.29) is 11.7 Å². The molecule has 2 fully saturated rings. The van der Waals surface area contributed by atoms with Crippen LogP contribution in [0, 0.1) is 21.8 Å². The third-order valence-corrected chi connectivity index (χ3v) is 4.14. The number of nitro benzene ring substituents is 1. The second-order valence-electron chi connectivity index (χ2n) is 5.31. The lowest BCUT2D eigenvalue weighted by atomic mass is 9.94. The Morgan fingerprint density at radius 1 is 1.37 bits per heavy atom. The maximum Gasteiger partial charge on any atom is 0.272 e. The van der Waals surface area contributed by atoms with Crippen LogP contribution in [0.5, 0.6) is 0 Å². The summed E-state index contributed by atoms with van der Waals surface area (Å²) < 4.78 is 13.8. The van der Waals surface area contributed by atoms with Crippen LogP contribution >= 0.6 is 0 Å². The molecular formula is C13H16FN3O2. The van der Waals surface area contributed by atoms with Crippen molar-refractivity contribution >= 4 is 11.4 Å². The number of nitro groups is 1. The summed E-state index contributed by atoms with van der Waals surface area (Å²) in [4.78, 5) is 12.4. The van der Waals surface area contributed by atoms with E-state index < -0.39 is 10.7 Å². The smallest absolute Gasteiger partial charge is 0.272 e. The van der Waals surface area contributed by atoms with Crippen molar-refractivity contribution in [3.05, 3.63) is 34.1 Å². The first-order valence-corrected chi connectivity index (χ1v) is 6.56. The Kier molecular flexibility index (Phi) is 3.10. The molecule has 0 spiro atoms. The number of benzene rings is 1. The zero-order valence-corrected chi connectivity index (χ0v) is 10.5. The van der Waals surface area contributed by atoms with E-state index >= 15 is 0 Å². The van der Waals surface area contributed by atoms with Gasteiger partial charge in [-0.1, -0.05) is 0 Å². The highest BCUT2D eigenvalue weighted by atomic mass is 19.1. The lowest BCUT2D eigenvalue weighted by Gasteiger charge is -2.31. The zero-order valence-electron chi connectivity index (χ0n) is 10.5. The van der Waals surface area contributed by atoms with Crippen LogP contribution in [0.1, 0.15) is 12.8 Å². The molecule has 2 aliphatic rings. The highest BCUT2D eigenvalue weighted by Crippen LogP contribution is 2.30. The molecule has 1 aromatic rings. The predicted octanol–water partition coefficient (Wildman–Crippen LogP) is 2.24. The van der Waals surface area contributed by atoms with Gasteiger partial charge in [0.15, 0.2) is 5.82 Å². The van der Waals surface area contributed by atoms with Gasteiger partial charge in [0.25, 0.3) is 5.69 Å². The van der Waals surface area contributed by atoms with Gasteiger partial charge in [-0.2, -0.15) is 0 Å². The van der Waals surface area contributed by atoms with Gasteiger partial charge in [0.1, 0.15) is 0 Å². The SMILES string of the molecule is O=[N+]([O-])c1ccc(NC2CCN3CCC2C3)c(F)c1. The fourth-order valence-corrected chi connectivity index (χ4v) is 3.08. The molecule has 5 nitrogen and oxygen atoms in total. The zero-order chi connectivity index (χ0) is 13.4. The quantitative estimate of drug-likeness (QED) is 0.672. The topological polar surface area (TPSA) is 58.4 Å². The molecule has 3 atom stereocenters. The highest BCUT2D eigenvalue weighted by Gasteiger charge is 2.34. The van der Waals surface area contributed by atoms with E-state index in [0.717, 1.165) is 38.5 Å². The van der Waals surface area contributed by atoms with E-state index in [0.29, 0.717) is 11.6 Å². The highest BCUT2D eigenvalue weighted by molar-refractivity contribution is 5.51. The van der Waals surface area contributed by atoms with Gasteiger partial charge < -0.3 is 10.2 Å². The van der Waals surface area contributed by atoms with Gasteiger partial charge in [-0.25, -0.2) is 4.39 Å². The average molecular weight is 265 g/mol. The number of nitrogens with one attached hydrogen (secondary N) is 1. The molecule has 2 saturated heterocycles. The van der Waals surface area contributed by atoms with E-state index in [1.54, 1.807) is 0 Å². The number of rotatable bonds is 3. The van der Waals surface area contributed by atoms with Gasteiger partial charge in [0, 0.05) is 25.2 Å². The van der Waals surface area contributed by atoms with Crippen LogP contribution in [0.2, 0.25) is 0 Å². The maximum absolute atomic E-state index is 13.8. The minimum Gasteiger partial charge on any atom is -0.380 e. The number of fused-ring (bicyclic) bond motifs is 2. The lowest BCUT2D eigenvalue weighted by Crippen LogP contribution is -2.39. The minimum atomic E-state index is -0.581. The van der Waals surface area contributed by atoms with Crippen molar-refractivity contribution < 1.29 is 9.31 Å². The first-order chi connectivity index (χ1) is 9.13. The van der Waals surface area contributed by atoms with Crippen LogP contribution in [0.3, 0.4) is 0 Å². The summed E-state index contributed by atoms with van der Waals surface area (Å²) in [5.41, 5.74) is 0.162. The Morgan fingerprint density at radius 3 is 2.89 bits per heavy atom. The second-order valence-corrected chi connectivity index (χ2v) is 5.31. The summed E-state index contributed by atoms with van der Waals surface area (Å²) in [5.74, 6) is 0.0120. The van der Waals surface area contributed by atoms with Gasteiger partial charge >= 0.3 is 0 Å². The third kappa shape index (κ3) is 2.40. The Morgan fingerprint density at radius 2 is 2.16 bits per heavy atom. The van der Waals surface area contributed by atoms with E-state index in [1.807, 2.05) is 0 Å². The number of nitrogens with zero attached hydrogens (tertiary/aromatic N) is 2. The van der Waals surface area contributed by atoms with Crippen molar-refractivity contribution in [2.24, 2.45) is 5.92 Å².